The molecule has 3 aromatic rings. The molecule has 0 saturated heterocycles. The van der Waals surface area contributed by atoms with E-state index in [1.807, 2.05) is 0 Å². The summed E-state index contributed by atoms with van der Waals surface area (Å²) in [6.07, 6.45) is 0. The van der Waals surface area contributed by atoms with Crippen molar-refractivity contribution >= 4 is 39.6 Å². The van der Waals surface area contributed by atoms with Crippen molar-refractivity contribution in [3.05, 3.63) is 70.0 Å². The Balaban J connectivity index is 1.66. The molecule has 2 aromatic carbocycles. The molecule has 0 aliphatic heterocycles. The molecule has 0 spiro atoms. The second-order valence-corrected chi connectivity index (χ2v) is 6.88. The molecule has 24 heavy (non-hydrogen) atoms. The second kappa shape index (κ2) is 7.37. The van der Waals surface area contributed by atoms with Crippen molar-refractivity contribution in [3.63, 3.8) is 0 Å². The molecule has 0 unspecified atom stereocenters. The van der Waals surface area contributed by atoms with Gasteiger partial charge in [0.2, 0.25) is 5.13 Å². The molecular formula is C15H11FN4O2S2. The lowest BCUT2D eigenvalue weighted by Gasteiger charge is -2.01. The van der Waals surface area contributed by atoms with Gasteiger partial charge in [-0.25, -0.2) is 4.39 Å². The van der Waals surface area contributed by atoms with Crippen molar-refractivity contribution in [3.8, 4) is 0 Å². The van der Waals surface area contributed by atoms with E-state index < -0.39 is 4.92 Å². The summed E-state index contributed by atoms with van der Waals surface area (Å²) in [5, 5.41) is 22.5. The van der Waals surface area contributed by atoms with Gasteiger partial charge in [0, 0.05) is 23.1 Å². The number of nitro benzene ring substituents is 1. The van der Waals surface area contributed by atoms with Crippen molar-refractivity contribution in [1.29, 1.82) is 0 Å². The molecule has 0 atom stereocenters. The van der Waals surface area contributed by atoms with E-state index in [-0.39, 0.29) is 11.5 Å². The first-order valence-corrected chi connectivity index (χ1v) is 8.63. The maximum Gasteiger partial charge on any atom is 0.273 e. The Bertz CT molecular complexity index is 872. The van der Waals surface area contributed by atoms with Gasteiger partial charge in [-0.1, -0.05) is 47.4 Å². The van der Waals surface area contributed by atoms with Gasteiger partial charge in [0.05, 0.1) is 4.92 Å². The van der Waals surface area contributed by atoms with Gasteiger partial charge in [-0.15, -0.1) is 10.2 Å². The van der Waals surface area contributed by atoms with E-state index in [1.165, 1.54) is 41.3 Å². The van der Waals surface area contributed by atoms with Crippen LogP contribution in [0.3, 0.4) is 0 Å². The largest absolute Gasteiger partial charge is 0.330 e. The molecule has 0 bridgehead atoms. The number of nitro groups is 1. The Morgan fingerprint density at radius 2 is 2.04 bits per heavy atom. The Hall–Kier alpha value is -2.52. The van der Waals surface area contributed by atoms with Crippen molar-refractivity contribution in [2.45, 2.75) is 10.1 Å². The fourth-order valence-electron chi connectivity index (χ4n) is 1.96. The third-order valence-corrected chi connectivity index (χ3v) is 5.04. The first-order chi connectivity index (χ1) is 11.6. The molecule has 9 heteroatoms. The van der Waals surface area contributed by atoms with Gasteiger partial charge in [-0.3, -0.25) is 10.1 Å². The van der Waals surface area contributed by atoms with Gasteiger partial charge in [0.15, 0.2) is 4.34 Å². The minimum absolute atomic E-state index is 0.0904. The second-order valence-electron chi connectivity index (χ2n) is 4.68. The maximum absolute atomic E-state index is 13.2. The summed E-state index contributed by atoms with van der Waals surface area (Å²) in [5.74, 6) is 0.0849. The average molecular weight is 362 g/mol. The van der Waals surface area contributed by atoms with Crippen LogP contribution in [0.4, 0.5) is 20.9 Å². The van der Waals surface area contributed by atoms with Gasteiger partial charge in [-0.2, -0.15) is 0 Å². The van der Waals surface area contributed by atoms with Gasteiger partial charge in [0.25, 0.3) is 5.69 Å². The van der Waals surface area contributed by atoms with Gasteiger partial charge < -0.3 is 5.32 Å². The predicted molar refractivity (Wildman–Crippen MR) is 92.2 cm³/mol. The smallest absolute Gasteiger partial charge is 0.273 e. The van der Waals surface area contributed by atoms with E-state index in [0.29, 0.717) is 26.5 Å². The van der Waals surface area contributed by atoms with Crippen LogP contribution in [-0.4, -0.2) is 15.1 Å². The molecular weight excluding hydrogens is 351 g/mol. The molecule has 0 radical (unpaired) electrons. The van der Waals surface area contributed by atoms with Crippen molar-refractivity contribution in [2.24, 2.45) is 0 Å². The van der Waals surface area contributed by atoms with E-state index in [0.717, 1.165) is 0 Å². The third kappa shape index (κ3) is 4.06. The van der Waals surface area contributed by atoms with Crippen molar-refractivity contribution < 1.29 is 9.31 Å². The summed E-state index contributed by atoms with van der Waals surface area (Å²) in [6.45, 7) is 0. The molecule has 0 saturated carbocycles. The molecule has 0 amide bonds. The number of halogens is 1. The third-order valence-electron chi connectivity index (χ3n) is 3.02. The topological polar surface area (TPSA) is 81.0 Å². The van der Waals surface area contributed by atoms with Crippen molar-refractivity contribution in [1.82, 2.24) is 10.2 Å². The molecule has 122 valence electrons. The lowest BCUT2D eigenvalue weighted by atomic mass is 10.2. The molecule has 1 heterocycles. The minimum Gasteiger partial charge on any atom is -0.330 e. The normalized spacial score (nSPS) is 10.5. The number of para-hydroxylation sites is 1. The first kappa shape index (κ1) is 16.3. The number of nitrogens with zero attached hydrogens (tertiary/aromatic N) is 3. The first-order valence-electron chi connectivity index (χ1n) is 6.83. The molecule has 0 aliphatic carbocycles. The quantitative estimate of drug-likeness (QED) is 0.391. The van der Waals surface area contributed by atoms with Crippen LogP contribution < -0.4 is 5.32 Å². The highest BCUT2D eigenvalue weighted by atomic mass is 32.2. The summed E-state index contributed by atoms with van der Waals surface area (Å²) < 4.78 is 13.8. The van der Waals surface area contributed by atoms with Gasteiger partial charge in [0.1, 0.15) is 5.82 Å². The number of hydrogen-bond acceptors (Lipinski definition) is 7. The zero-order valence-corrected chi connectivity index (χ0v) is 13.8. The Morgan fingerprint density at radius 3 is 2.83 bits per heavy atom. The Morgan fingerprint density at radius 1 is 1.21 bits per heavy atom. The SMILES string of the molecule is O=[N+]([O-])c1ccccc1CSc1nnc(Nc2cccc(F)c2)s1. The zero-order chi connectivity index (χ0) is 16.9. The minimum atomic E-state index is -0.396. The monoisotopic (exact) mass is 362 g/mol. The van der Waals surface area contributed by atoms with E-state index >= 15 is 0 Å². The van der Waals surface area contributed by atoms with Crippen LogP contribution in [0.5, 0.6) is 0 Å². The number of aromatic nitrogens is 2. The van der Waals surface area contributed by atoms with Crippen LogP contribution in [0.25, 0.3) is 0 Å². The van der Waals surface area contributed by atoms with E-state index in [2.05, 4.69) is 15.5 Å². The number of benzene rings is 2. The van der Waals surface area contributed by atoms with Gasteiger partial charge >= 0.3 is 0 Å². The molecule has 1 N–H and O–H groups in total. The Kier molecular flexibility index (Phi) is 5.02. The Labute approximate surface area is 144 Å². The lowest BCUT2D eigenvalue weighted by molar-refractivity contribution is -0.385. The van der Waals surface area contributed by atoms with Crippen LogP contribution >= 0.6 is 23.1 Å². The van der Waals surface area contributed by atoms with E-state index in [1.54, 1.807) is 30.3 Å². The standard InChI is InChI=1S/C15H11FN4O2S2/c16-11-5-3-6-12(8-11)17-14-18-19-15(24-14)23-9-10-4-1-2-7-13(10)20(21)22/h1-8H,9H2,(H,17,18). The zero-order valence-electron chi connectivity index (χ0n) is 12.2. The summed E-state index contributed by atoms with van der Waals surface area (Å²) in [7, 11) is 0. The average Bonchev–Trinajstić information content (AvgIpc) is 3.00. The molecule has 6 nitrogen and oxygen atoms in total. The number of rotatable bonds is 6. The van der Waals surface area contributed by atoms with Crippen LogP contribution in [0.1, 0.15) is 5.56 Å². The molecule has 0 fully saturated rings. The van der Waals surface area contributed by atoms with E-state index in [4.69, 9.17) is 0 Å². The van der Waals surface area contributed by atoms with E-state index in [9.17, 15) is 14.5 Å². The summed E-state index contributed by atoms with van der Waals surface area (Å²) in [4.78, 5) is 10.6. The lowest BCUT2D eigenvalue weighted by Crippen LogP contribution is -1.93. The predicted octanol–water partition coefficient (Wildman–Crippen LogP) is 4.62. The number of anilines is 2. The highest BCUT2D eigenvalue weighted by Crippen LogP contribution is 2.32. The van der Waals surface area contributed by atoms with Crippen molar-refractivity contribution in [2.75, 3.05) is 5.32 Å². The molecule has 0 aliphatic rings. The summed E-state index contributed by atoms with van der Waals surface area (Å²) in [6, 6.07) is 12.7. The van der Waals surface area contributed by atoms with Crippen LogP contribution in [0.15, 0.2) is 52.9 Å². The summed E-state index contributed by atoms with van der Waals surface area (Å²) in [5.41, 5.74) is 1.30. The fourth-order valence-corrected chi connectivity index (χ4v) is 3.73. The molecule has 1 aromatic heterocycles. The highest BCUT2D eigenvalue weighted by Gasteiger charge is 2.13. The van der Waals surface area contributed by atoms with Crippen LogP contribution in [-0.2, 0) is 5.75 Å². The number of nitrogens with one attached hydrogen (secondary N) is 1. The van der Waals surface area contributed by atoms with Crippen LogP contribution in [0.2, 0.25) is 0 Å². The summed E-state index contributed by atoms with van der Waals surface area (Å²) >= 11 is 2.67. The number of thioether (sulfide) groups is 1. The van der Waals surface area contributed by atoms with Crippen LogP contribution in [0, 0.1) is 15.9 Å². The van der Waals surface area contributed by atoms with Gasteiger partial charge in [-0.05, 0) is 18.2 Å². The maximum atomic E-state index is 13.2. The molecule has 3 rings (SSSR count). The number of hydrogen-bond donors (Lipinski definition) is 1. The fraction of sp³-hybridized carbons (Fsp3) is 0.0667. The highest BCUT2D eigenvalue weighted by molar-refractivity contribution is 8.00.